The predicted octanol–water partition coefficient (Wildman–Crippen LogP) is 5.35. The fourth-order valence-electron chi connectivity index (χ4n) is 4.96. The van der Waals surface area contributed by atoms with Crippen LogP contribution in [0.25, 0.3) is 0 Å². The SMILES string of the molecule is CCC(Oc1ccc2c(c1)C(c1ccc(C)cc1)N(C(=O)C1CC1)CC2)C(=O)NCc1ccccc1. The van der Waals surface area contributed by atoms with Crippen molar-refractivity contribution in [3.63, 3.8) is 0 Å². The van der Waals surface area contributed by atoms with Crippen molar-refractivity contribution in [2.75, 3.05) is 6.54 Å². The van der Waals surface area contributed by atoms with Gasteiger partial charge >= 0.3 is 0 Å². The summed E-state index contributed by atoms with van der Waals surface area (Å²) in [6.45, 7) is 5.22. The summed E-state index contributed by atoms with van der Waals surface area (Å²) in [5, 5.41) is 3.00. The Hall–Kier alpha value is -3.60. The van der Waals surface area contributed by atoms with Gasteiger partial charge < -0.3 is 15.0 Å². The van der Waals surface area contributed by atoms with Gasteiger partial charge in [0.05, 0.1) is 6.04 Å². The Morgan fingerprint density at radius 3 is 2.47 bits per heavy atom. The van der Waals surface area contributed by atoms with E-state index in [9.17, 15) is 9.59 Å². The molecule has 0 saturated heterocycles. The molecule has 2 unspecified atom stereocenters. The number of ether oxygens (including phenoxy) is 1. The van der Waals surface area contributed by atoms with Gasteiger partial charge in [-0.05, 0) is 67.0 Å². The summed E-state index contributed by atoms with van der Waals surface area (Å²) in [5.74, 6) is 0.953. The summed E-state index contributed by atoms with van der Waals surface area (Å²) >= 11 is 0. The molecule has 2 aliphatic rings. The highest BCUT2D eigenvalue weighted by Crippen LogP contribution is 2.41. The van der Waals surface area contributed by atoms with E-state index in [1.807, 2.05) is 49.4 Å². The van der Waals surface area contributed by atoms with E-state index in [0.29, 0.717) is 18.7 Å². The number of aryl methyl sites for hydroxylation is 1. The molecule has 0 radical (unpaired) electrons. The molecule has 1 fully saturated rings. The van der Waals surface area contributed by atoms with Crippen LogP contribution in [-0.4, -0.2) is 29.4 Å². The average Bonchev–Trinajstić information content (AvgIpc) is 3.76. The average molecular weight is 483 g/mol. The number of benzene rings is 3. The molecule has 0 spiro atoms. The summed E-state index contributed by atoms with van der Waals surface area (Å²) in [7, 11) is 0. The van der Waals surface area contributed by atoms with E-state index in [2.05, 4.69) is 47.5 Å². The largest absolute Gasteiger partial charge is 0.481 e. The number of nitrogens with zero attached hydrogens (tertiary/aromatic N) is 1. The van der Waals surface area contributed by atoms with Gasteiger partial charge in [0, 0.05) is 19.0 Å². The van der Waals surface area contributed by atoms with E-state index in [-0.39, 0.29) is 23.8 Å². The third kappa shape index (κ3) is 5.30. The molecule has 1 aliphatic heterocycles. The van der Waals surface area contributed by atoms with Gasteiger partial charge in [0.25, 0.3) is 5.91 Å². The first-order valence-electron chi connectivity index (χ1n) is 13.0. The minimum absolute atomic E-state index is 0.125. The first-order valence-corrected chi connectivity index (χ1v) is 13.0. The van der Waals surface area contributed by atoms with Crippen LogP contribution in [-0.2, 0) is 22.6 Å². The number of nitrogens with one attached hydrogen (secondary N) is 1. The molecule has 1 heterocycles. The lowest BCUT2D eigenvalue weighted by molar-refractivity contribution is -0.134. The molecular weight excluding hydrogens is 448 g/mol. The number of fused-ring (bicyclic) bond motifs is 1. The molecule has 5 nitrogen and oxygen atoms in total. The van der Waals surface area contributed by atoms with Crippen molar-refractivity contribution in [1.82, 2.24) is 10.2 Å². The van der Waals surface area contributed by atoms with Gasteiger partial charge in [0.2, 0.25) is 5.91 Å². The highest BCUT2D eigenvalue weighted by atomic mass is 16.5. The quantitative estimate of drug-likeness (QED) is 0.471. The van der Waals surface area contributed by atoms with Crippen LogP contribution in [0, 0.1) is 12.8 Å². The lowest BCUT2D eigenvalue weighted by atomic mass is 9.87. The maximum absolute atomic E-state index is 13.2. The van der Waals surface area contributed by atoms with Crippen LogP contribution in [0.2, 0.25) is 0 Å². The Kier molecular flexibility index (Phi) is 7.08. The van der Waals surface area contributed by atoms with Gasteiger partial charge in [-0.15, -0.1) is 0 Å². The van der Waals surface area contributed by atoms with Crippen molar-refractivity contribution in [2.24, 2.45) is 5.92 Å². The summed E-state index contributed by atoms with van der Waals surface area (Å²) in [6, 6.07) is 24.3. The second kappa shape index (κ2) is 10.6. The topological polar surface area (TPSA) is 58.6 Å². The third-order valence-electron chi connectivity index (χ3n) is 7.20. The highest BCUT2D eigenvalue weighted by molar-refractivity contribution is 5.82. The molecule has 2 amide bonds. The highest BCUT2D eigenvalue weighted by Gasteiger charge is 2.39. The number of rotatable bonds is 8. The van der Waals surface area contributed by atoms with Gasteiger partial charge in [-0.25, -0.2) is 0 Å². The monoisotopic (exact) mass is 482 g/mol. The molecule has 0 aromatic heterocycles. The zero-order chi connectivity index (χ0) is 25.1. The number of amides is 2. The molecule has 186 valence electrons. The van der Waals surface area contributed by atoms with Crippen molar-refractivity contribution < 1.29 is 14.3 Å². The Morgan fingerprint density at radius 1 is 1.03 bits per heavy atom. The van der Waals surface area contributed by atoms with Crippen LogP contribution in [0.5, 0.6) is 5.75 Å². The van der Waals surface area contributed by atoms with Crippen molar-refractivity contribution >= 4 is 11.8 Å². The Balaban J connectivity index is 1.39. The van der Waals surface area contributed by atoms with E-state index in [0.717, 1.165) is 42.5 Å². The fraction of sp³-hybridized carbons (Fsp3) is 0.355. The summed E-state index contributed by atoms with van der Waals surface area (Å²) < 4.78 is 6.22. The molecule has 5 heteroatoms. The summed E-state index contributed by atoms with van der Waals surface area (Å²) in [5.41, 5.74) is 5.68. The molecule has 1 aliphatic carbocycles. The van der Waals surface area contributed by atoms with Crippen LogP contribution in [0.15, 0.2) is 72.8 Å². The number of hydrogen-bond donors (Lipinski definition) is 1. The Labute approximate surface area is 213 Å². The number of carbonyl (C=O) groups excluding carboxylic acids is 2. The molecule has 1 N–H and O–H groups in total. The van der Waals surface area contributed by atoms with Crippen LogP contribution in [0.3, 0.4) is 0 Å². The zero-order valence-electron chi connectivity index (χ0n) is 21.1. The van der Waals surface area contributed by atoms with Gasteiger partial charge in [0.15, 0.2) is 6.10 Å². The maximum Gasteiger partial charge on any atom is 0.261 e. The van der Waals surface area contributed by atoms with Crippen LogP contribution >= 0.6 is 0 Å². The smallest absolute Gasteiger partial charge is 0.261 e. The number of hydrogen-bond acceptors (Lipinski definition) is 3. The summed E-state index contributed by atoms with van der Waals surface area (Å²) in [6.07, 6.45) is 2.78. The van der Waals surface area contributed by atoms with Gasteiger partial charge in [0.1, 0.15) is 5.75 Å². The first kappa shape index (κ1) is 24.1. The molecule has 0 bridgehead atoms. The second-order valence-corrected chi connectivity index (χ2v) is 9.95. The van der Waals surface area contributed by atoms with E-state index < -0.39 is 6.10 Å². The zero-order valence-corrected chi connectivity index (χ0v) is 21.1. The van der Waals surface area contributed by atoms with Crippen molar-refractivity contribution in [3.8, 4) is 5.75 Å². The first-order chi connectivity index (χ1) is 17.5. The van der Waals surface area contributed by atoms with Gasteiger partial charge in [-0.3, -0.25) is 9.59 Å². The minimum Gasteiger partial charge on any atom is -0.481 e. The van der Waals surface area contributed by atoms with Gasteiger partial charge in [-0.1, -0.05) is 73.2 Å². The predicted molar refractivity (Wildman–Crippen MR) is 141 cm³/mol. The molecule has 3 aromatic carbocycles. The molecular formula is C31H34N2O3. The van der Waals surface area contributed by atoms with Gasteiger partial charge in [-0.2, -0.15) is 0 Å². The lowest BCUT2D eigenvalue weighted by Gasteiger charge is -2.38. The Bertz CT molecular complexity index is 1220. The lowest BCUT2D eigenvalue weighted by Crippen LogP contribution is -2.41. The second-order valence-electron chi connectivity index (χ2n) is 9.95. The van der Waals surface area contributed by atoms with E-state index >= 15 is 0 Å². The van der Waals surface area contributed by atoms with Crippen molar-refractivity contribution in [2.45, 2.75) is 58.2 Å². The van der Waals surface area contributed by atoms with E-state index in [1.54, 1.807) is 0 Å². The third-order valence-corrected chi connectivity index (χ3v) is 7.20. The van der Waals surface area contributed by atoms with Crippen molar-refractivity contribution in [1.29, 1.82) is 0 Å². The Morgan fingerprint density at radius 2 is 1.78 bits per heavy atom. The number of carbonyl (C=O) groups is 2. The van der Waals surface area contributed by atoms with Crippen molar-refractivity contribution in [3.05, 3.63) is 101 Å². The normalized spacial score (nSPS) is 17.7. The van der Waals surface area contributed by atoms with E-state index in [1.165, 1.54) is 11.1 Å². The maximum atomic E-state index is 13.2. The van der Waals surface area contributed by atoms with Crippen LogP contribution in [0.1, 0.15) is 60.0 Å². The summed E-state index contributed by atoms with van der Waals surface area (Å²) in [4.78, 5) is 28.2. The molecule has 36 heavy (non-hydrogen) atoms. The molecule has 1 saturated carbocycles. The molecule has 3 aromatic rings. The van der Waals surface area contributed by atoms with E-state index in [4.69, 9.17) is 4.74 Å². The fourth-order valence-corrected chi connectivity index (χ4v) is 4.96. The molecule has 2 atom stereocenters. The molecule has 5 rings (SSSR count). The standard InChI is InChI=1S/C31H34N2O3/c1-3-28(30(34)32-20-22-7-5-4-6-8-22)36-26-16-15-23-17-18-33(31(35)25-13-14-25)29(27(23)19-26)24-11-9-21(2)10-12-24/h4-12,15-16,19,25,28-29H,3,13-14,17-18,20H2,1-2H3,(H,32,34). The van der Waals surface area contributed by atoms with Crippen LogP contribution in [0.4, 0.5) is 0 Å². The minimum atomic E-state index is -0.586. The van der Waals surface area contributed by atoms with Crippen LogP contribution < -0.4 is 10.1 Å².